The second-order valence-corrected chi connectivity index (χ2v) is 5.42. The van der Waals surface area contributed by atoms with Crippen molar-refractivity contribution in [3.63, 3.8) is 0 Å². The van der Waals surface area contributed by atoms with Gasteiger partial charge in [-0.3, -0.25) is 4.79 Å². The van der Waals surface area contributed by atoms with Crippen LogP contribution in [0.1, 0.15) is 10.4 Å². The van der Waals surface area contributed by atoms with Gasteiger partial charge in [-0.1, -0.05) is 40.9 Å². The zero-order valence-electron chi connectivity index (χ0n) is 11.1. The number of nitrogens with one attached hydrogen (secondary N) is 1. The van der Waals surface area contributed by atoms with Crippen molar-refractivity contribution >= 4 is 46.3 Å². The van der Waals surface area contributed by atoms with Gasteiger partial charge in [-0.2, -0.15) is 0 Å². The Kier molecular flexibility index (Phi) is 5.34. The highest BCUT2D eigenvalue weighted by Crippen LogP contribution is 2.29. The largest absolute Gasteiger partial charge is 0.495 e. The molecule has 0 radical (unpaired) electrons. The van der Waals surface area contributed by atoms with Crippen LogP contribution in [-0.4, -0.2) is 19.4 Å². The Morgan fingerprint density at radius 2 is 1.90 bits per heavy atom. The van der Waals surface area contributed by atoms with E-state index in [0.717, 1.165) is 0 Å². The Bertz CT molecular complexity index is 674. The number of ketones is 1. The number of halogens is 3. The van der Waals surface area contributed by atoms with E-state index in [9.17, 15) is 4.79 Å². The van der Waals surface area contributed by atoms with E-state index in [0.29, 0.717) is 32.1 Å². The molecule has 0 aromatic heterocycles. The minimum atomic E-state index is -0.115. The molecule has 2 aromatic rings. The topological polar surface area (TPSA) is 38.3 Å². The van der Waals surface area contributed by atoms with Gasteiger partial charge in [0.15, 0.2) is 5.78 Å². The van der Waals surface area contributed by atoms with Crippen molar-refractivity contribution in [3.8, 4) is 5.75 Å². The lowest BCUT2D eigenvalue weighted by molar-refractivity contribution is 0.101. The highest BCUT2D eigenvalue weighted by Gasteiger charge is 2.10. The second kappa shape index (κ2) is 7.03. The first-order valence-electron chi connectivity index (χ1n) is 6.07. The molecule has 6 heteroatoms. The van der Waals surface area contributed by atoms with Gasteiger partial charge in [0, 0.05) is 5.56 Å². The zero-order valence-corrected chi connectivity index (χ0v) is 13.4. The summed E-state index contributed by atoms with van der Waals surface area (Å²) in [5, 5.41) is 4.17. The van der Waals surface area contributed by atoms with Crippen LogP contribution in [0.4, 0.5) is 5.69 Å². The lowest BCUT2D eigenvalue weighted by Crippen LogP contribution is -2.14. The standard InChI is InChI=1S/C15H12Cl3NO2/c1-21-14-6-5-9(7-11(14)17)13(20)8-19-12-4-2-3-10(16)15(12)18/h2-7,19H,8H2,1H3. The molecule has 0 saturated heterocycles. The summed E-state index contributed by atoms with van der Waals surface area (Å²) in [6.07, 6.45) is 0. The van der Waals surface area contributed by atoms with Crippen molar-refractivity contribution in [1.82, 2.24) is 0 Å². The monoisotopic (exact) mass is 343 g/mol. The number of ether oxygens (including phenoxy) is 1. The maximum atomic E-state index is 12.1. The van der Waals surface area contributed by atoms with E-state index in [1.165, 1.54) is 7.11 Å². The Balaban J connectivity index is 2.08. The number of carbonyl (C=O) groups is 1. The van der Waals surface area contributed by atoms with Crippen LogP contribution in [0.5, 0.6) is 5.75 Å². The fourth-order valence-corrected chi connectivity index (χ4v) is 2.38. The second-order valence-electron chi connectivity index (χ2n) is 4.23. The molecule has 110 valence electrons. The molecule has 21 heavy (non-hydrogen) atoms. The van der Waals surface area contributed by atoms with Crippen LogP contribution >= 0.6 is 34.8 Å². The Hall–Kier alpha value is -1.42. The van der Waals surface area contributed by atoms with Gasteiger partial charge in [0.05, 0.1) is 34.4 Å². The van der Waals surface area contributed by atoms with Gasteiger partial charge in [-0.05, 0) is 30.3 Å². The van der Waals surface area contributed by atoms with Crippen molar-refractivity contribution in [2.75, 3.05) is 19.0 Å². The maximum absolute atomic E-state index is 12.1. The first-order chi connectivity index (χ1) is 10.0. The third kappa shape index (κ3) is 3.82. The molecule has 2 rings (SSSR count). The van der Waals surface area contributed by atoms with Gasteiger partial charge >= 0.3 is 0 Å². The van der Waals surface area contributed by atoms with Crippen LogP contribution in [0.2, 0.25) is 15.1 Å². The maximum Gasteiger partial charge on any atom is 0.181 e. The van der Waals surface area contributed by atoms with E-state index in [1.807, 2.05) is 0 Å². The number of rotatable bonds is 5. The molecule has 0 amide bonds. The SMILES string of the molecule is COc1ccc(C(=O)CNc2cccc(Cl)c2Cl)cc1Cl. The smallest absolute Gasteiger partial charge is 0.181 e. The number of benzene rings is 2. The average Bonchev–Trinajstić information content (AvgIpc) is 2.48. The number of hydrogen-bond donors (Lipinski definition) is 1. The Morgan fingerprint density at radius 1 is 1.14 bits per heavy atom. The molecule has 0 aliphatic carbocycles. The van der Waals surface area contributed by atoms with E-state index in [2.05, 4.69) is 5.32 Å². The van der Waals surface area contributed by atoms with Crippen molar-refractivity contribution in [3.05, 3.63) is 57.0 Å². The molecule has 0 aliphatic heterocycles. The molecule has 0 aliphatic rings. The normalized spacial score (nSPS) is 10.3. The average molecular weight is 345 g/mol. The first-order valence-corrected chi connectivity index (χ1v) is 7.21. The van der Waals surface area contributed by atoms with Crippen molar-refractivity contribution in [1.29, 1.82) is 0 Å². The molecule has 0 fully saturated rings. The first kappa shape index (κ1) is 16.0. The van der Waals surface area contributed by atoms with Crippen LogP contribution in [0.3, 0.4) is 0 Å². The molecule has 0 unspecified atom stereocenters. The van der Waals surface area contributed by atoms with E-state index in [1.54, 1.807) is 36.4 Å². The molecule has 0 bridgehead atoms. The van der Waals surface area contributed by atoms with Gasteiger partial charge in [-0.25, -0.2) is 0 Å². The third-order valence-electron chi connectivity index (χ3n) is 2.86. The Morgan fingerprint density at radius 3 is 2.57 bits per heavy atom. The third-order valence-corrected chi connectivity index (χ3v) is 3.98. The molecule has 3 nitrogen and oxygen atoms in total. The summed E-state index contributed by atoms with van der Waals surface area (Å²) in [4.78, 5) is 12.1. The lowest BCUT2D eigenvalue weighted by atomic mass is 10.1. The summed E-state index contributed by atoms with van der Waals surface area (Å²) in [5.41, 5.74) is 1.10. The number of anilines is 1. The van der Waals surface area contributed by atoms with Gasteiger partial charge in [0.2, 0.25) is 0 Å². The van der Waals surface area contributed by atoms with E-state index < -0.39 is 0 Å². The Labute approximate surface area is 137 Å². The fraction of sp³-hybridized carbons (Fsp3) is 0.133. The number of carbonyl (C=O) groups excluding carboxylic acids is 1. The van der Waals surface area contributed by atoms with Gasteiger partial charge in [-0.15, -0.1) is 0 Å². The minimum Gasteiger partial charge on any atom is -0.495 e. The van der Waals surface area contributed by atoms with E-state index in [4.69, 9.17) is 39.5 Å². The van der Waals surface area contributed by atoms with E-state index >= 15 is 0 Å². The predicted molar refractivity (Wildman–Crippen MR) is 87.3 cm³/mol. The summed E-state index contributed by atoms with van der Waals surface area (Å²) in [7, 11) is 1.52. The molecular formula is C15H12Cl3NO2. The summed E-state index contributed by atoms with van der Waals surface area (Å²) in [5.74, 6) is 0.412. The van der Waals surface area contributed by atoms with Crippen LogP contribution in [-0.2, 0) is 0 Å². The zero-order chi connectivity index (χ0) is 15.4. The van der Waals surface area contributed by atoms with E-state index in [-0.39, 0.29) is 12.3 Å². The van der Waals surface area contributed by atoms with Crippen LogP contribution in [0.25, 0.3) is 0 Å². The highest BCUT2D eigenvalue weighted by molar-refractivity contribution is 6.43. The molecule has 2 aromatic carbocycles. The van der Waals surface area contributed by atoms with Crippen LogP contribution in [0, 0.1) is 0 Å². The van der Waals surface area contributed by atoms with Gasteiger partial charge < -0.3 is 10.1 Å². The highest BCUT2D eigenvalue weighted by atomic mass is 35.5. The molecule has 0 spiro atoms. The summed E-state index contributed by atoms with van der Waals surface area (Å²) in [6.45, 7) is 0.0860. The predicted octanol–water partition coefficient (Wildman–Crippen LogP) is 4.95. The number of hydrogen-bond acceptors (Lipinski definition) is 3. The lowest BCUT2D eigenvalue weighted by Gasteiger charge is -2.09. The molecule has 0 atom stereocenters. The van der Waals surface area contributed by atoms with Crippen molar-refractivity contribution in [2.24, 2.45) is 0 Å². The quantitative estimate of drug-likeness (QED) is 0.780. The van der Waals surface area contributed by atoms with Crippen LogP contribution < -0.4 is 10.1 Å². The van der Waals surface area contributed by atoms with Gasteiger partial charge in [0.25, 0.3) is 0 Å². The van der Waals surface area contributed by atoms with Gasteiger partial charge in [0.1, 0.15) is 5.75 Å². The van der Waals surface area contributed by atoms with Crippen LogP contribution in [0.15, 0.2) is 36.4 Å². The summed E-state index contributed by atoms with van der Waals surface area (Å²) in [6, 6.07) is 10.1. The number of Topliss-reactive ketones (excluding diaryl/α,β-unsaturated/α-hetero) is 1. The summed E-state index contributed by atoms with van der Waals surface area (Å²) >= 11 is 18.0. The molecular weight excluding hydrogens is 333 g/mol. The fourth-order valence-electron chi connectivity index (χ4n) is 1.76. The summed E-state index contributed by atoms with van der Waals surface area (Å²) < 4.78 is 5.05. The van der Waals surface area contributed by atoms with Crippen molar-refractivity contribution < 1.29 is 9.53 Å². The molecule has 0 saturated carbocycles. The van der Waals surface area contributed by atoms with Crippen molar-refractivity contribution in [2.45, 2.75) is 0 Å². The molecule has 0 heterocycles. The minimum absolute atomic E-state index is 0.0860. The number of methoxy groups -OCH3 is 1. The molecule has 1 N–H and O–H groups in total.